The van der Waals surface area contributed by atoms with Gasteiger partial charge in [-0.3, -0.25) is 4.79 Å². The summed E-state index contributed by atoms with van der Waals surface area (Å²) in [6.07, 6.45) is 2.06. The van der Waals surface area contributed by atoms with E-state index in [1.54, 1.807) is 13.0 Å². The van der Waals surface area contributed by atoms with Gasteiger partial charge in [0, 0.05) is 11.7 Å². The molecule has 0 aliphatic heterocycles. The Hall–Kier alpha value is -2.55. The fourth-order valence-corrected chi connectivity index (χ4v) is 2.47. The molecule has 106 valence electrons. The Bertz CT molecular complexity index is 773. The summed E-state index contributed by atoms with van der Waals surface area (Å²) in [5.41, 5.74) is 1.83. The van der Waals surface area contributed by atoms with Crippen molar-refractivity contribution in [1.29, 1.82) is 0 Å². The van der Waals surface area contributed by atoms with Gasteiger partial charge in [-0.2, -0.15) is 0 Å². The molecule has 1 aromatic heterocycles. The smallest absolute Gasteiger partial charge is 0.163 e. The summed E-state index contributed by atoms with van der Waals surface area (Å²) in [6.45, 7) is 2.84. The molecule has 0 atom stereocenters. The van der Waals surface area contributed by atoms with E-state index < -0.39 is 0 Å². The monoisotopic (exact) mass is 279 g/mol. The molecule has 21 heavy (non-hydrogen) atoms. The van der Waals surface area contributed by atoms with Gasteiger partial charge in [0.1, 0.15) is 12.4 Å². The van der Waals surface area contributed by atoms with Gasteiger partial charge in [-0.25, -0.2) is 0 Å². The van der Waals surface area contributed by atoms with E-state index in [9.17, 15) is 4.79 Å². The van der Waals surface area contributed by atoms with Gasteiger partial charge in [0.25, 0.3) is 0 Å². The highest BCUT2D eigenvalue weighted by Crippen LogP contribution is 2.19. The maximum atomic E-state index is 11.5. The summed E-state index contributed by atoms with van der Waals surface area (Å²) in [7, 11) is 0. The van der Waals surface area contributed by atoms with E-state index in [0.717, 1.165) is 6.54 Å². The Morgan fingerprint density at radius 3 is 2.67 bits per heavy atom. The van der Waals surface area contributed by atoms with Crippen molar-refractivity contribution in [2.75, 3.05) is 6.61 Å². The first-order chi connectivity index (χ1) is 10.3. The van der Waals surface area contributed by atoms with E-state index in [1.165, 1.54) is 10.9 Å². The zero-order valence-electron chi connectivity index (χ0n) is 12.0. The first kappa shape index (κ1) is 13.4. The highest BCUT2D eigenvalue weighted by Gasteiger charge is 2.07. The Balaban J connectivity index is 1.71. The molecule has 0 fully saturated rings. The van der Waals surface area contributed by atoms with Gasteiger partial charge in [-0.1, -0.05) is 30.3 Å². The van der Waals surface area contributed by atoms with Crippen LogP contribution in [0.4, 0.5) is 0 Å². The van der Waals surface area contributed by atoms with E-state index in [1.807, 2.05) is 30.3 Å². The van der Waals surface area contributed by atoms with E-state index in [0.29, 0.717) is 17.9 Å². The van der Waals surface area contributed by atoms with Gasteiger partial charge < -0.3 is 9.30 Å². The van der Waals surface area contributed by atoms with E-state index in [2.05, 4.69) is 29.0 Å². The van der Waals surface area contributed by atoms with Crippen molar-refractivity contribution < 1.29 is 9.53 Å². The number of hydrogen-bond donors (Lipinski definition) is 0. The van der Waals surface area contributed by atoms with Crippen LogP contribution in [0.25, 0.3) is 10.9 Å². The molecule has 3 nitrogen and oxygen atoms in total. The van der Waals surface area contributed by atoms with Crippen LogP contribution in [0.5, 0.6) is 5.75 Å². The molecular formula is C18H17NO2. The molecule has 0 radical (unpaired) electrons. The van der Waals surface area contributed by atoms with Crippen molar-refractivity contribution >= 4 is 16.7 Å². The summed E-state index contributed by atoms with van der Waals surface area (Å²) in [5.74, 6) is 0.679. The fourth-order valence-electron chi connectivity index (χ4n) is 2.47. The molecular weight excluding hydrogens is 262 g/mol. The largest absolute Gasteiger partial charge is 0.491 e. The first-order valence-corrected chi connectivity index (χ1v) is 7.02. The molecule has 0 N–H and O–H groups in total. The lowest BCUT2D eigenvalue weighted by atomic mass is 10.1. The van der Waals surface area contributed by atoms with Crippen LogP contribution in [0.15, 0.2) is 60.8 Å². The quantitative estimate of drug-likeness (QED) is 0.663. The number of fused-ring (bicyclic) bond motifs is 1. The minimum atomic E-state index is 0.0250. The average molecular weight is 279 g/mol. The highest BCUT2D eigenvalue weighted by molar-refractivity contribution is 5.96. The number of ether oxygens (including phenoxy) is 1. The summed E-state index contributed by atoms with van der Waals surface area (Å²) in [4.78, 5) is 11.5. The Labute approximate surface area is 123 Å². The lowest BCUT2D eigenvalue weighted by Gasteiger charge is -2.10. The van der Waals surface area contributed by atoms with E-state index in [-0.39, 0.29) is 5.78 Å². The lowest BCUT2D eigenvalue weighted by Crippen LogP contribution is -2.09. The van der Waals surface area contributed by atoms with Gasteiger partial charge in [-0.15, -0.1) is 0 Å². The number of para-hydroxylation sites is 2. The molecule has 0 spiro atoms. The minimum Gasteiger partial charge on any atom is -0.491 e. The molecule has 3 rings (SSSR count). The fraction of sp³-hybridized carbons (Fsp3) is 0.167. The second kappa shape index (κ2) is 5.83. The number of hydrogen-bond acceptors (Lipinski definition) is 2. The Morgan fingerprint density at radius 2 is 1.81 bits per heavy atom. The van der Waals surface area contributed by atoms with Crippen LogP contribution < -0.4 is 4.74 Å². The molecule has 3 aromatic rings. The summed E-state index contributed by atoms with van der Waals surface area (Å²) in [6, 6.07) is 17.7. The SMILES string of the molecule is CC(=O)c1ccccc1OCCn1ccc2ccccc21. The molecule has 0 aliphatic carbocycles. The van der Waals surface area contributed by atoms with Crippen molar-refractivity contribution in [2.45, 2.75) is 13.5 Å². The van der Waals surface area contributed by atoms with Crippen LogP contribution in [-0.2, 0) is 6.54 Å². The van der Waals surface area contributed by atoms with Crippen LogP contribution in [-0.4, -0.2) is 17.0 Å². The maximum Gasteiger partial charge on any atom is 0.163 e. The summed E-state index contributed by atoms with van der Waals surface area (Å²) < 4.78 is 7.94. The minimum absolute atomic E-state index is 0.0250. The number of carbonyl (C=O) groups excluding carboxylic acids is 1. The second-order valence-corrected chi connectivity index (χ2v) is 4.97. The molecule has 0 saturated carbocycles. The number of carbonyl (C=O) groups is 1. The second-order valence-electron chi connectivity index (χ2n) is 4.97. The van der Waals surface area contributed by atoms with Crippen LogP contribution >= 0.6 is 0 Å². The number of nitrogens with zero attached hydrogens (tertiary/aromatic N) is 1. The molecule has 0 unspecified atom stereocenters. The normalized spacial score (nSPS) is 10.7. The Morgan fingerprint density at radius 1 is 1.05 bits per heavy atom. The van der Waals surface area contributed by atoms with Gasteiger partial charge in [-0.05, 0) is 36.6 Å². The van der Waals surface area contributed by atoms with Crippen LogP contribution in [0.1, 0.15) is 17.3 Å². The third kappa shape index (κ3) is 2.82. The molecule has 0 aliphatic rings. The van der Waals surface area contributed by atoms with Gasteiger partial charge in [0.2, 0.25) is 0 Å². The summed E-state index contributed by atoms with van der Waals surface area (Å²) in [5, 5.41) is 1.22. The zero-order valence-corrected chi connectivity index (χ0v) is 12.0. The number of Topliss-reactive ketones (excluding diaryl/α,β-unsaturated/α-hetero) is 1. The highest BCUT2D eigenvalue weighted by atomic mass is 16.5. The van der Waals surface area contributed by atoms with Crippen molar-refractivity contribution in [3.05, 3.63) is 66.4 Å². The van der Waals surface area contributed by atoms with Gasteiger partial charge in [0.15, 0.2) is 5.78 Å². The zero-order chi connectivity index (χ0) is 14.7. The first-order valence-electron chi connectivity index (χ1n) is 7.02. The summed E-state index contributed by atoms with van der Waals surface area (Å²) >= 11 is 0. The predicted octanol–water partition coefficient (Wildman–Crippen LogP) is 3.92. The molecule has 2 aromatic carbocycles. The van der Waals surface area contributed by atoms with Crippen LogP contribution in [0.2, 0.25) is 0 Å². The van der Waals surface area contributed by atoms with Gasteiger partial charge in [0.05, 0.1) is 12.1 Å². The molecule has 0 bridgehead atoms. The van der Waals surface area contributed by atoms with Crippen LogP contribution in [0, 0.1) is 0 Å². The van der Waals surface area contributed by atoms with E-state index in [4.69, 9.17) is 4.74 Å². The van der Waals surface area contributed by atoms with Crippen molar-refractivity contribution in [3.63, 3.8) is 0 Å². The maximum absolute atomic E-state index is 11.5. The molecule has 0 saturated heterocycles. The molecule has 0 amide bonds. The van der Waals surface area contributed by atoms with Crippen molar-refractivity contribution in [1.82, 2.24) is 4.57 Å². The number of ketones is 1. The van der Waals surface area contributed by atoms with Crippen molar-refractivity contribution in [3.8, 4) is 5.75 Å². The Kier molecular flexibility index (Phi) is 3.73. The van der Waals surface area contributed by atoms with Crippen molar-refractivity contribution in [2.24, 2.45) is 0 Å². The third-order valence-electron chi connectivity index (χ3n) is 3.54. The van der Waals surface area contributed by atoms with Crippen LogP contribution in [0.3, 0.4) is 0 Å². The lowest BCUT2D eigenvalue weighted by molar-refractivity contribution is 0.101. The number of rotatable bonds is 5. The standard InChI is InChI=1S/C18H17NO2/c1-14(20)16-7-3-5-9-18(16)21-13-12-19-11-10-15-6-2-4-8-17(15)19/h2-11H,12-13H2,1H3. The number of benzene rings is 2. The predicted molar refractivity (Wildman–Crippen MR) is 83.9 cm³/mol. The molecule has 1 heterocycles. The van der Waals surface area contributed by atoms with Gasteiger partial charge >= 0.3 is 0 Å². The third-order valence-corrected chi connectivity index (χ3v) is 3.54. The van der Waals surface area contributed by atoms with E-state index >= 15 is 0 Å². The average Bonchev–Trinajstić information content (AvgIpc) is 2.91. The topological polar surface area (TPSA) is 31.2 Å². The molecule has 3 heteroatoms. The number of aromatic nitrogens is 1.